The SMILES string of the molecule is CC(C)C(C)(C)CNC(=O)c1ccc([N+](=O)[O-])c(Cl)c1. The number of benzene rings is 1. The van der Waals surface area contributed by atoms with E-state index in [4.69, 9.17) is 11.6 Å². The molecule has 1 N–H and O–H groups in total. The second-order valence-corrected chi connectivity index (χ2v) is 6.16. The highest BCUT2D eigenvalue weighted by molar-refractivity contribution is 6.33. The van der Waals surface area contributed by atoms with E-state index in [1.807, 2.05) is 0 Å². The van der Waals surface area contributed by atoms with Crippen molar-refractivity contribution < 1.29 is 9.72 Å². The third kappa shape index (κ3) is 3.93. The molecule has 0 heterocycles. The van der Waals surface area contributed by atoms with E-state index in [-0.39, 0.29) is 22.0 Å². The van der Waals surface area contributed by atoms with Crippen molar-refractivity contribution in [1.82, 2.24) is 5.32 Å². The average molecular weight is 299 g/mol. The van der Waals surface area contributed by atoms with E-state index >= 15 is 0 Å². The van der Waals surface area contributed by atoms with Crippen LogP contribution in [0.5, 0.6) is 0 Å². The van der Waals surface area contributed by atoms with Crippen molar-refractivity contribution in [3.63, 3.8) is 0 Å². The maximum Gasteiger partial charge on any atom is 0.287 e. The first-order valence-electron chi connectivity index (χ1n) is 6.37. The minimum Gasteiger partial charge on any atom is -0.351 e. The minimum absolute atomic E-state index is 0.0275. The van der Waals surface area contributed by atoms with Gasteiger partial charge in [-0.25, -0.2) is 0 Å². The van der Waals surface area contributed by atoms with E-state index in [1.54, 1.807) is 0 Å². The smallest absolute Gasteiger partial charge is 0.287 e. The number of amides is 1. The van der Waals surface area contributed by atoms with Gasteiger partial charge in [0.25, 0.3) is 11.6 Å². The molecule has 0 saturated carbocycles. The van der Waals surface area contributed by atoms with Gasteiger partial charge in [0.05, 0.1) is 4.92 Å². The van der Waals surface area contributed by atoms with E-state index in [0.717, 1.165) is 0 Å². The first-order chi connectivity index (χ1) is 9.15. The second kappa shape index (κ2) is 6.22. The molecule has 0 aliphatic heterocycles. The minimum atomic E-state index is -0.577. The Morgan fingerprint density at radius 1 is 1.45 bits per heavy atom. The number of carbonyl (C=O) groups is 1. The summed E-state index contributed by atoms with van der Waals surface area (Å²) >= 11 is 5.79. The van der Waals surface area contributed by atoms with Crippen LogP contribution in [0.25, 0.3) is 0 Å². The topological polar surface area (TPSA) is 72.2 Å². The molecule has 1 amide bonds. The Morgan fingerprint density at radius 3 is 2.50 bits per heavy atom. The molecule has 1 aromatic carbocycles. The fourth-order valence-corrected chi connectivity index (χ4v) is 1.66. The highest BCUT2D eigenvalue weighted by Crippen LogP contribution is 2.26. The largest absolute Gasteiger partial charge is 0.351 e. The van der Waals surface area contributed by atoms with E-state index in [1.165, 1.54) is 18.2 Å². The molecular weight excluding hydrogens is 280 g/mol. The summed E-state index contributed by atoms with van der Waals surface area (Å²) in [6.45, 7) is 8.85. The zero-order chi connectivity index (χ0) is 15.5. The van der Waals surface area contributed by atoms with Crippen LogP contribution in [0.15, 0.2) is 18.2 Å². The van der Waals surface area contributed by atoms with Gasteiger partial charge in [0.15, 0.2) is 0 Å². The highest BCUT2D eigenvalue weighted by Gasteiger charge is 2.23. The standard InChI is InChI=1S/C14H19ClN2O3/c1-9(2)14(3,4)8-16-13(18)10-5-6-12(17(19)20)11(15)7-10/h5-7,9H,8H2,1-4H3,(H,16,18). The fraction of sp³-hybridized carbons (Fsp3) is 0.500. The molecular formula is C14H19ClN2O3. The Kier molecular flexibility index (Phi) is 5.11. The maximum absolute atomic E-state index is 12.0. The van der Waals surface area contributed by atoms with Crippen molar-refractivity contribution in [2.24, 2.45) is 11.3 Å². The van der Waals surface area contributed by atoms with Gasteiger partial charge in [-0.1, -0.05) is 39.3 Å². The predicted molar refractivity (Wildman–Crippen MR) is 79.1 cm³/mol. The van der Waals surface area contributed by atoms with Gasteiger partial charge in [0, 0.05) is 18.2 Å². The molecule has 5 nitrogen and oxygen atoms in total. The van der Waals surface area contributed by atoms with Crippen LogP contribution in [-0.4, -0.2) is 17.4 Å². The molecule has 0 fully saturated rings. The lowest BCUT2D eigenvalue weighted by Crippen LogP contribution is -2.36. The van der Waals surface area contributed by atoms with Crippen LogP contribution in [0, 0.1) is 21.4 Å². The molecule has 0 spiro atoms. The molecule has 0 atom stereocenters. The van der Waals surface area contributed by atoms with E-state index < -0.39 is 4.92 Å². The Hall–Kier alpha value is -1.62. The Bertz CT molecular complexity index is 527. The predicted octanol–water partition coefficient (Wildman–Crippen LogP) is 3.66. The molecule has 0 aromatic heterocycles. The quantitative estimate of drug-likeness (QED) is 0.666. The Balaban J connectivity index is 2.79. The fourth-order valence-electron chi connectivity index (χ4n) is 1.41. The van der Waals surface area contributed by atoms with E-state index in [2.05, 4.69) is 33.0 Å². The zero-order valence-corrected chi connectivity index (χ0v) is 12.8. The number of nitrogens with one attached hydrogen (secondary N) is 1. The van der Waals surface area contributed by atoms with Crippen LogP contribution in [0.4, 0.5) is 5.69 Å². The summed E-state index contributed by atoms with van der Waals surface area (Å²) in [6, 6.07) is 3.96. The van der Waals surface area contributed by atoms with Gasteiger partial charge in [0.2, 0.25) is 0 Å². The summed E-state index contributed by atoms with van der Waals surface area (Å²) in [5.74, 6) is 0.138. The first-order valence-corrected chi connectivity index (χ1v) is 6.75. The molecule has 0 unspecified atom stereocenters. The van der Waals surface area contributed by atoms with Crippen molar-refractivity contribution in [2.45, 2.75) is 27.7 Å². The van der Waals surface area contributed by atoms with E-state index in [9.17, 15) is 14.9 Å². The molecule has 0 saturated heterocycles. The molecule has 1 aromatic rings. The zero-order valence-electron chi connectivity index (χ0n) is 12.1. The monoisotopic (exact) mass is 298 g/mol. The lowest BCUT2D eigenvalue weighted by molar-refractivity contribution is -0.384. The van der Waals surface area contributed by atoms with Crippen LogP contribution in [0.3, 0.4) is 0 Å². The Morgan fingerprint density at radius 2 is 2.05 bits per heavy atom. The summed E-state index contributed by atoms with van der Waals surface area (Å²) in [5.41, 5.74) is 0.0890. The average Bonchev–Trinajstić information content (AvgIpc) is 2.35. The van der Waals surface area contributed by atoms with Gasteiger partial charge < -0.3 is 5.32 Å². The van der Waals surface area contributed by atoms with Crippen molar-refractivity contribution in [2.75, 3.05) is 6.54 Å². The second-order valence-electron chi connectivity index (χ2n) is 5.75. The first kappa shape index (κ1) is 16.4. The van der Waals surface area contributed by atoms with Gasteiger partial charge in [-0.3, -0.25) is 14.9 Å². The van der Waals surface area contributed by atoms with Crippen molar-refractivity contribution in [3.8, 4) is 0 Å². The Labute approximate surface area is 123 Å². The molecule has 1 rings (SSSR count). The summed E-state index contributed by atoms with van der Waals surface area (Å²) in [4.78, 5) is 22.1. The van der Waals surface area contributed by atoms with Crippen molar-refractivity contribution in [3.05, 3.63) is 38.9 Å². The molecule has 0 bridgehead atoms. The van der Waals surface area contributed by atoms with Crippen LogP contribution in [-0.2, 0) is 0 Å². The number of carbonyl (C=O) groups excluding carboxylic acids is 1. The van der Waals surface area contributed by atoms with Gasteiger partial charge >= 0.3 is 0 Å². The van der Waals surface area contributed by atoms with Crippen molar-refractivity contribution in [1.29, 1.82) is 0 Å². The maximum atomic E-state index is 12.0. The number of nitrogens with zero attached hydrogens (tertiary/aromatic N) is 1. The summed E-state index contributed by atoms with van der Waals surface area (Å²) in [5, 5.41) is 13.4. The molecule has 0 radical (unpaired) electrons. The normalized spacial score (nSPS) is 11.5. The molecule has 0 aliphatic rings. The van der Waals surface area contributed by atoms with Crippen LogP contribution in [0.1, 0.15) is 38.1 Å². The van der Waals surface area contributed by atoms with Gasteiger partial charge in [0.1, 0.15) is 5.02 Å². The van der Waals surface area contributed by atoms with E-state index in [0.29, 0.717) is 18.0 Å². The van der Waals surface area contributed by atoms with Crippen LogP contribution >= 0.6 is 11.6 Å². The summed E-state index contributed by atoms with van der Waals surface area (Å²) in [6.07, 6.45) is 0. The number of nitro groups is 1. The number of halogens is 1. The molecule has 20 heavy (non-hydrogen) atoms. The lowest BCUT2D eigenvalue weighted by Gasteiger charge is -2.29. The van der Waals surface area contributed by atoms with Gasteiger partial charge in [-0.05, 0) is 23.5 Å². The molecule has 0 aliphatic carbocycles. The summed E-state index contributed by atoms with van der Waals surface area (Å²) in [7, 11) is 0. The van der Waals surface area contributed by atoms with Crippen molar-refractivity contribution >= 4 is 23.2 Å². The van der Waals surface area contributed by atoms with Gasteiger partial charge in [-0.2, -0.15) is 0 Å². The van der Waals surface area contributed by atoms with Crippen LogP contribution in [0.2, 0.25) is 5.02 Å². The number of hydrogen-bond donors (Lipinski definition) is 1. The third-order valence-corrected chi connectivity index (χ3v) is 3.98. The number of hydrogen-bond acceptors (Lipinski definition) is 3. The number of nitro benzene ring substituents is 1. The molecule has 110 valence electrons. The van der Waals surface area contributed by atoms with Crippen LogP contribution < -0.4 is 5.32 Å². The lowest BCUT2D eigenvalue weighted by atomic mass is 9.81. The number of rotatable bonds is 5. The highest BCUT2D eigenvalue weighted by atomic mass is 35.5. The third-order valence-electron chi connectivity index (χ3n) is 3.67. The molecule has 6 heteroatoms. The van der Waals surface area contributed by atoms with Gasteiger partial charge in [-0.15, -0.1) is 0 Å². The summed E-state index contributed by atoms with van der Waals surface area (Å²) < 4.78 is 0.